The van der Waals surface area contributed by atoms with Crippen molar-refractivity contribution in [1.82, 2.24) is 10.5 Å². The number of hydrogen-bond donors (Lipinski definition) is 5. The van der Waals surface area contributed by atoms with E-state index in [4.69, 9.17) is 51.9 Å². The number of ketones is 3. The molecule has 0 atom stereocenters. The van der Waals surface area contributed by atoms with Gasteiger partial charge >= 0.3 is 29.0 Å². The van der Waals surface area contributed by atoms with Gasteiger partial charge in [-0.25, -0.2) is 41.7 Å². The molecule has 36 heteroatoms. The molecule has 0 saturated carbocycles. The normalized spacial score (nSPS) is 9.38. The quantitative estimate of drug-likeness (QED) is 0.00385. The summed E-state index contributed by atoms with van der Waals surface area (Å²) >= 11 is 22.9. The van der Waals surface area contributed by atoms with Gasteiger partial charge in [-0.05, 0) is 252 Å². The van der Waals surface area contributed by atoms with Gasteiger partial charge in [0.2, 0.25) is 23.8 Å². The summed E-state index contributed by atoms with van der Waals surface area (Å²) in [5.74, 6) is -1.29. The number of halogens is 14. The van der Waals surface area contributed by atoms with Crippen LogP contribution in [0.4, 0.5) is 26.3 Å². The minimum absolute atomic E-state index is 0. The monoisotopic (exact) mass is 1840 g/mol. The van der Waals surface area contributed by atoms with E-state index in [2.05, 4.69) is 122 Å². The number of hydrazone groups is 1. The van der Waals surface area contributed by atoms with E-state index in [0.29, 0.717) is 56.5 Å². The average Bonchev–Trinajstić information content (AvgIpc) is 0.892. The van der Waals surface area contributed by atoms with Crippen molar-refractivity contribution in [1.29, 1.82) is 0 Å². The van der Waals surface area contributed by atoms with Crippen LogP contribution in [0.3, 0.4) is 0 Å². The Morgan fingerprint density at radius 2 is 0.838 bits per heavy atom. The molecule has 0 aliphatic carbocycles. The summed E-state index contributed by atoms with van der Waals surface area (Å²) in [7, 11) is 6.11. The van der Waals surface area contributed by atoms with Crippen LogP contribution in [-0.2, 0) is 38.2 Å². The summed E-state index contributed by atoms with van der Waals surface area (Å²) in [5.41, 5.74) is 12.9. The molecular weight excluding hydrogens is 1770 g/mol. The molecule has 6 aromatic carbocycles. The molecule has 0 heterocycles. The second-order valence-corrected chi connectivity index (χ2v) is 22.1. The van der Waals surface area contributed by atoms with Crippen molar-refractivity contribution in [3.05, 3.63) is 212 Å². The molecule has 0 saturated heterocycles. The van der Waals surface area contributed by atoms with Gasteiger partial charge in [-0.15, -0.1) is 5.10 Å². The van der Waals surface area contributed by atoms with Crippen LogP contribution >= 0.6 is 107 Å². The molecule has 0 aliphatic rings. The number of Topliss-reactive ketones (excluding diaryl/α,β-unsaturated/α-hetero) is 3. The van der Waals surface area contributed by atoms with E-state index < -0.39 is 64.7 Å². The first kappa shape index (κ1) is 108. The fourth-order valence-corrected chi connectivity index (χ4v) is 7.01. The van der Waals surface area contributed by atoms with Crippen LogP contribution in [-0.4, -0.2) is 154 Å². The summed E-state index contributed by atoms with van der Waals surface area (Å²) in [4.78, 5) is 84.6. The minimum atomic E-state index is -1.13. The number of benzene rings is 6. The van der Waals surface area contributed by atoms with Gasteiger partial charge in [0.15, 0.2) is 12.1 Å². The maximum atomic E-state index is 13.3. The van der Waals surface area contributed by atoms with Crippen molar-refractivity contribution in [2.75, 3.05) is 61.3 Å². The van der Waals surface area contributed by atoms with E-state index in [1.54, 1.807) is 34.1 Å². The molecule has 0 fully saturated rings. The van der Waals surface area contributed by atoms with Crippen molar-refractivity contribution in [3.63, 3.8) is 0 Å². The topological polar surface area (TPSA) is 310 Å². The number of carboxylic acid groups (broad SMARTS) is 1. The SMILES string of the molecule is C.CC(=O)c1ccc(Br)c(F)c1.CCOC(OCC)C(=O)c1ccc(Br)c(F)c1.CCOC(OCC)OCC.CNOC.CON(C)C(=O)c1ccc(Br)c(F)c1.NN=C(N)N.O=C(Cl)c1ccc(Br)c(F)c1.O=C(O)c1ccc(Br)c(F)c1.O=CC(=O)c1ccc(Br)c(F)c1.[CH3-].[Cl-].[Mg+2]. The average molecular weight is 1850 g/mol. The molecule has 21 nitrogen and oxygen atoms in total. The number of aldehydes is 1. The Labute approximate surface area is 649 Å². The van der Waals surface area contributed by atoms with Crippen LogP contribution in [0.5, 0.6) is 0 Å². The Bertz CT molecular complexity index is 3240. The number of guanidine groups is 1. The molecule has 0 unspecified atom stereocenters. The molecular formula is C63H76Br6Cl2F6MgN6O15. The van der Waals surface area contributed by atoms with Gasteiger partial charge in [-0.1, -0.05) is 13.5 Å². The predicted octanol–water partition coefficient (Wildman–Crippen LogP) is 12.4. The Morgan fingerprint density at radius 3 is 1.12 bits per heavy atom. The third-order valence-corrected chi connectivity index (χ3v) is 14.1. The number of ether oxygens (including phenoxy) is 5. The van der Waals surface area contributed by atoms with Gasteiger partial charge < -0.3 is 70.8 Å². The smallest absolute Gasteiger partial charge is 1.00 e. The van der Waals surface area contributed by atoms with Crippen molar-refractivity contribution in [3.8, 4) is 0 Å². The molecule has 0 radical (unpaired) electrons. The Morgan fingerprint density at radius 1 is 0.566 bits per heavy atom. The summed E-state index contributed by atoms with van der Waals surface area (Å²) < 4.78 is 105. The number of nitrogens with two attached hydrogens (primary N) is 3. The number of amides is 1. The van der Waals surface area contributed by atoms with E-state index in [9.17, 15) is 59.9 Å². The molecule has 99 heavy (non-hydrogen) atoms. The molecule has 8 N–H and O–H groups in total. The molecule has 1 amide bonds. The van der Waals surface area contributed by atoms with Crippen LogP contribution in [0, 0.1) is 42.3 Å². The maximum absolute atomic E-state index is 13.3. The molecule has 0 bridgehead atoms. The fraction of sp³-hybridized carbons (Fsp3) is 0.286. The van der Waals surface area contributed by atoms with Crippen molar-refractivity contribution < 1.29 is 111 Å². The van der Waals surface area contributed by atoms with E-state index in [1.165, 1.54) is 93.9 Å². The largest absolute Gasteiger partial charge is 2.00 e. The van der Waals surface area contributed by atoms with E-state index >= 15 is 0 Å². The number of carbonyl (C=O) groups excluding carboxylic acids is 6. The first-order valence-electron chi connectivity index (χ1n) is 26.7. The first-order chi connectivity index (χ1) is 44.7. The van der Waals surface area contributed by atoms with Gasteiger partial charge in [0.05, 0.1) is 46.6 Å². The zero-order valence-corrected chi connectivity index (χ0v) is 66.9. The minimum Gasteiger partial charge on any atom is -1.00 e. The van der Waals surface area contributed by atoms with Crippen LogP contribution in [0.1, 0.15) is 111 Å². The zero-order valence-electron chi connectivity index (χ0n) is 54.4. The fourth-order valence-electron chi connectivity index (χ4n) is 5.41. The second-order valence-electron chi connectivity index (χ2n) is 16.6. The number of nitrogens with zero attached hydrogens (tertiary/aromatic N) is 2. The summed E-state index contributed by atoms with van der Waals surface area (Å²) in [6.45, 7) is 12.7. The van der Waals surface area contributed by atoms with Gasteiger partial charge in [-0.2, -0.15) is 0 Å². The Hall–Kier alpha value is -4.83. The number of nitrogens with one attached hydrogen (secondary N) is 1. The zero-order chi connectivity index (χ0) is 73.5. The van der Waals surface area contributed by atoms with Crippen molar-refractivity contribution in [2.24, 2.45) is 22.4 Å². The van der Waals surface area contributed by atoms with Gasteiger partial charge in [0, 0.05) is 74.9 Å². The van der Waals surface area contributed by atoms with E-state index in [0.717, 1.165) is 35.4 Å². The standard InChI is InChI=1S/C12H14BrFO3.C9H9BrFNO2.C8H4BrFO2.C8H6BrFO.C7H3BrClFO.C7H4BrFO2.C7H16O3.C2H7NO.CH6N4.CH4.CH3.ClH.Mg/c1-3-16-12(17-4-2)11(15)8-5-6-9(13)10(14)7-8;1-12(14-2)9(13)6-3-4-7(10)8(11)5-6;9-6-2-1-5(3-7(6)10)8(12)4-11;1-5(11)6-2-3-7(9)8(10)4-6;8-5-2-1-4(7(9)11)3-6(5)10;8-5-2-1-4(7(10)11)3-6(5)9;1-4-8-7(9-5-2)10-6-3;1-3-4-2;2-1(3)5-4;;;;/h5-7,12H,3-4H2,1-2H3;3-5H,1-2H3;1-4H;2-4H,1H3;1-3H;1-3H,(H,10,11);7H,4-6H2,1-3H3;3H,1-2H3;4H2,(H4,2,3,5);1H4;1H3;1H;/q;;;;;;;;;;-1;;+2/p-1. The summed E-state index contributed by atoms with van der Waals surface area (Å²) in [5, 5.41) is 11.7. The molecule has 548 valence electrons. The maximum Gasteiger partial charge on any atom is 2.00 e. The van der Waals surface area contributed by atoms with Gasteiger partial charge in [-0.3, -0.25) is 33.6 Å². The first-order valence-corrected chi connectivity index (χ1v) is 31.9. The van der Waals surface area contributed by atoms with Gasteiger partial charge in [0.25, 0.3) is 17.6 Å². The molecule has 0 aromatic heterocycles. The Kier molecular flexibility index (Phi) is 68.4. The van der Waals surface area contributed by atoms with Crippen LogP contribution in [0.15, 0.2) is 141 Å². The van der Waals surface area contributed by atoms with E-state index in [1.807, 2.05) is 20.8 Å². The second kappa shape index (κ2) is 62.9. The Balaban J connectivity index is -0.000000195. The number of rotatable bonds is 20. The van der Waals surface area contributed by atoms with Crippen molar-refractivity contribution >= 4 is 177 Å². The van der Waals surface area contributed by atoms with Crippen molar-refractivity contribution in [2.45, 2.75) is 61.7 Å². The number of aromatic carboxylic acids is 1. The van der Waals surface area contributed by atoms with Gasteiger partial charge in [0.1, 0.15) is 34.9 Å². The summed E-state index contributed by atoms with van der Waals surface area (Å²) in [6.07, 6.45) is -0.812. The van der Waals surface area contributed by atoms with E-state index in [-0.39, 0.29) is 117 Å². The molecule has 0 aliphatic heterocycles. The van der Waals surface area contributed by atoms with Crippen LogP contribution in [0.2, 0.25) is 0 Å². The molecule has 6 rings (SSSR count). The predicted molar refractivity (Wildman–Crippen MR) is 386 cm³/mol. The number of hydroxylamine groups is 3. The number of carboxylic acids is 1. The molecule has 6 aromatic rings. The van der Waals surface area contributed by atoms with Crippen LogP contribution < -0.4 is 35.2 Å². The molecule has 0 spiro atoms. The number of carbonyl (C=O) groups is 7. The van der Waals surface area contributed by atoms with Crippen LogP contribution in [0.25, 0.3) is 0 Å². The third kappa shape index (κ3) is 47.9. The third-order valence-electron chi connectivity index (χ3n) is 9.99. The number of hydrogen-bond acceptors (Lipinski definition) is 17. The summed E-state index contributed by atoms with van der Waals surface area (Å²) in [6, 6.07) is 24.0.